The maximum absolute atomic E-state index is 5.58. The van der Waals surface area contributed by atoms with Crippen LogP contribution >= 0.6 is 0 Å². The summed E-state index contributed by atoms with van der Waals surface area (Å²) in [5.41, 5.74) is 8.78. The highest BCUT2D eigenvalue weighted by Gasteiger charge is 2.02. The van der Waals surface area contributed by atoms with Crippen LogP contribution in [0.4, 0.5) is 0 Å². The van der Waals surface area contributed by atoms with Gasteiger partial charge in [-0.25, -0.2) is 4.98 Å². The van der Waals surface area contributed by atoms with Crippen LogP contribution in [0.5, 0.6) is 0 Å². The predicted octanol–water partition coefficient (Wildman–Crippen LogP) is 4.12. The van der Waals surface area contributed by atoms with Crippen molar-refractivity contribution >= 4 is 6.08 Å². The maximum Gasteiger partial charge on any atom is 0.103 e. The zero-order chi connectivity index (χ0) is 14.7. The Morgan fingerprint density at radius 3 is 2.00 bits per heavy atom. The van der Waals surface area contributed by atoms with E-state index in [9.17, 15) is 0 Å². The Morgan fingerprint density at radius 2 is 1.72 bits per heavy atom. The lowest BCUT2D eigenvalue weighted by molar-refractivity contribution is 1.13. The number of aryl methyl sites for hydroxylation is 2. The molecule has 3 nitrogen and oxygen atoms in total. The quantitative estimate of drug-likeness (QED) is 0.792. The van der Waals surface area contributed by atoms with Crippen LogP contribution in [0.15, 0.2) is 30.5 Å². The summed E-state index contributed by atoms with van der Waals surface area (Å²) in [7, 11) is 0. The third kappa shape index (κ3) is 6.09. The lowest BCUT2D eigenvalue weighted by Crippen LogP contribution is -1.96. The van der Waals surface area contributed by atoms with Gasteiger partial charge >= 0.3 is 0 Å². The van der Waals surface area contributed by atoms with Crippen LogP contribution < -0.4 is 5.73 Å². The summed E-state index contributed by atoms with van der Waals surface area (Å²) in [5, 5.41) is 0. The maximum atomic E-state index is 5.58. The summed E-state index contributed by atoms with van der Waals surface area (Å²) in [4.78, 5) is 7.42. The summed E-state index contributed by atoms with van der Waals surface area (Å²) >= 11 is 0. The first-order chi connectivity index (χ1) is 8.54. The van der Waals surface area contributed by atoms with Crippen LogP contribution in [-0.4, -0.2) is 9.97 Å². The van der Waals surface area contributed by atoms with E-state index < -0.39 is 0 Å². The Bertz CT molecular complexity index is 398. The van der Waals surface area contributed by atoms with E-state index in [4.69, 9.17) is 5.73 Å². The van der Waals surface area contributed by atoms with Gasteiger partial charge in [0.15, 0.2) is 0 Å². The number of aromatic nitrogens is 2. The zero-order valence-corrected chi connectivity index (χ0v) is 12.6. The van der Waals surface area contributed by atoms with Crippen molar-refractivity contribution < 1.29 is 0 Å². The van der Waals surface area contributed by atoms with Gasteiger partial charge in [0.1, 0.15) is 5.82 Å². The number of imidazole rings is 1. The van der Waals surface area contributed by atoms with Gasteiger partial charge in [-0.05, 0) is 25.5 Å². The Morgan fingerprint density at radius 1 is 1.22 bits per heavy atom. The third-order valence-corrected chi connectivity index (χ3v) is 1.92. The predicted molar refractivity (Wildman–Crippen MR) is 82.3 cm³/mol. The summed E-state index contributed by atoms with van der Waals surface area (Å²) < 4.78 is 0. The first-order valence-electron chi connectivity index (χ1n) is 6.36. The topological polar surface area (TPSA) is 54.7 Å². The zero-order valence-electron chi connectivity index (χ0n) is 12.6. The molecule has 0 radical (unpaired) electrons. The molecule has 0 unspecified atom stereocenters. The Hall–Kier alpha value is -1.77. The molecule has 0 saturated heterocycles. The van der Waals surface area contributed by atoms with E-state index in [0.29, 0.717) is 5.70 Å². The average molecular weight is 249 g/mol. The van der Waals surface area contributed by atoms with Crippen LogP contribution in [0.2, 0.25) is 0 Å². The molecule has 0 spiro atoms. The van der Waals surface area contributed by atoms with Gasteiger partial charge in [-0.3, -0.25) is 0 Å². The number of nitrogens with zero attached hydrogens (tertiary/aromatic N) is 1. The number of nitrogens with two attached hydrogens (primary N) is 1. The van der Waals surface area contributed by atoms with Crippen LogP contribution in [0.1, 0.15) is 44.9 Å². The molecule has 18 heavy (non-hydrogen) atoms. The highest BCUT2D eigenvalue weighted by Crippen LogP contribution is 2.12. The van der Waals surface area contributed by atoms with Crippen molar-refractivity contribution in [2.24, 2.45) is 5.73 Å². The van der Waals surface area contributed by atoms with Crippen LogP contribution in [0, 0.1) is 13.8 Å². The van der Waals surface area contributed by atoms with Crippen molar-refractivity contribution in [1.29, 1.82) is 0 Å². The van der Waals surface area contributed by atoms with Gasteiger partial charge < -0.3 is 10.7 Å². The molecule has 1 rings (SSSR count). The van der Waals surface area contributed by atoms with Gasteiger partial charge in [-0.1, -0.05) is 46.9 Å². The van der Waals surface area contributed by atoms with Gasteiger partial charge in [0.05, 0.1) is 5.69 Å². The molecule has 3 N–H and O–H groups in total. The number of rotatable bonds is 3. The van der Waals surface area contributed by atoms with Crippen molar-refractivity contribution in [3.63, 3.8) is 0 Å². The van der Waals surface area contributed by atoms with Crippen LogP contribution in [-0.2, 0) is 0 Å². The van der Waals surface area contributed by atoms with Crippen molar-refractivity contribution in [3.8, 4) is 0 Å². The molecule has 3 heteroatoms. The standard InChI is InChI=1S/C11H15N3.2C2H6/c1-5-10(7(2)12)6-11-8(3)13-9(4)14-11;2*1-2/h5-6H,1-2,12H2,3-4H3,(H,13,14);2*1-2H3/b10-6+;;. The molecule has 0 bridgehead atoms. The highest BCUT2D eigenvalue weighted by molar-refractivity contribution is 5.60. The minimum absolute atomic E-state index is 0.500. The van der Waals surface area contributed by atoms with Crippen LogP contribution in [0.25, 0.3) is 6.08 Å². The lowest BCUT2D eigenvalue weighted by atomic mass is 10.1. The largest absolute Gasteiger partial charge is 0.399 e. The van der Waals surface area contributed by atoms with E-state index in [1.165, 1.54) is 0 Å². The van der Waals surface area contributed by atoms with E-state index in [1.807, 2.05) is 47.6 Å². The second kappa shape index (κ2) is 10.4. The van der Waals surface area contributed by atoms with E-state index in [0.717, 1.165) is 22.8 Å². The Kier molecular flexibility index (Phi) is 10.7. The summed E-state index contributed by atoms with van der Waals surface area (Å²) in [5.74, 6) is 0.889. The SMILES string of the molecule is C=C/C(=C\c1nc(C)[nH]c1C)C(=C)N.CC.CC. The molecule has 0 aliphatic carbocycles. The molecule has 0 amide bonds. The normalized spacial score (nSPS) is 9.56. The van der Waals surface area contributed by atoms with Gasteiger partial charge in [0.2, 0.25) is 0 Å². The molecule has 0 saturated carbocycles. The molecular weight excluding hydrogens is 222 g/mol. The van der Waals surface area contributed by atoms with E-state index in [1.54, 1.807) is 6.08 Å². The van der Waals surface area contributed by atoms with Crippen molar-refractivity contribution in [2.45, 2.75) is 41.5 Å². The fraction of sp³-hybridized carbons (Fsp3) is 0.400. The second-order valence-electron chi connectivity index (χ2n) is 3.16. The van der Waals surface area contributed by atoms with E-state index >= 15 is 0 Å². The number of H-pyrrole nitrogens is 1. The van der Waals surface area contributed by atoms with E-state index in [-0.39, 0.29) is 0 Å². The highest BCUT2D eigenvalue weighted by atomic mass is 14.9. The fourth-order valence-corrected chi connectivity index (χ4v) is 1.20. The minimum atomic E-state index is 0.500. The third-order valence-electron chi connectivity index (χ3n) is 1.92. The molecule has 0 fully saturated rings. The molecule has 1 heterocycles. The fourth-order valence-electron chi connectivity index (χ4n) is 1.20. The first-order valence-corrected chi connectivity index (χ1v) is 6.36. The van der Waals surface area contributed by atoms with Gasteiger partial charge in [-0.2, -0.15) is 0 Å². The van der Waals surface area contributed by atoms with Gasteiger partial charge in [0.25, 0.3) is 0 Å². The molecule has 0 aliphatic rings. The minimum Gasteiger partial charge on any atom is -0.399 e. The molecule has 0 aliphatic heterocycles. The van der Waals surface area contributed by atoms with Crippen LogP contribution in [0.3, 0.4) is 0 Å². The smallest absolute Gasteiger partial charge is 0.103 e. The number of nitrogens with one attached hydrogen (secondary N) is 1. The van der Waals surface area contributed by atoms with E-state index in [2.05, 4.69) is 23.1 Å². The number of aromatic amines is 1. The Balaban J connectivity index is 0. The van der Waals surface area contributed by atoms with Crippen molar-refractivity contribution in [3.05, 3.63) is 47.7 Å². The lowest BCUT2D eigenvalue weighted by Gasteiger charge is -1.98. The summed E-state index contributed by atoms with van der Waals surface area (Å²) in [6, 6.07) is 0. The molecule has 1 aromatic heterocycles. The number of hydrogen-bond acceptors (Lipinski definition) is 2. The van der Waals surface area contributed by atoms with Gasteiger partial charge in [-0.15, -0.1) is 0 Å². The first kappa shape index (κ1) is 18.6. The second-order valence-corrected chi connectivity index (χ2v) is 3.16. The molecular formula is C15H27N3. The Labute approximate surface area is 112 Å². The van der Waals surface area contributed by atoms with Crippen molar-refractivity contribution in [2.75, 3.05) is 0 Å². The number of hydrogen-bond donors (Lipinski definition) is 2. The van der Waals surface area contributed by atoms with Crippen molar-refractivity contribution in [1.82, 2.24) is 9.97 Å². The molecule has 102 valence electrons. The molecule has 0 aromatic carbocycles. The summed E-state index contributed by atoms with van der Waals surface area (Å²) in [6.07, 6.45) is 3.54. The summed E-state index contributed by atoms with van der Waals surface area (Å²) in [6.45, 7) is 19.2. The molecule has 0 atom stereocenters. The average Bonchev–Trinajstić information content (AvgIpc) is 2.69. The molecule has 1 aromatic rings. The number of allylic oxidation sites excluding steroid dienone is 1. The monoisotopic (exact) mass is 249 g/mol. The van der Waals surface area contributed by atoms with Gasteiger partial charge in [0, 0.05) is 11.4 Å².